The van der Waals surface area contributed by atoms with Gasteiger partial charge in [0.15, 0.2) is 0 Å². The highest BCUT2D eigenvalue weighted by molar-refractivity contribution is 7.80. The summed E-state index contributed by atoms with van der Waals surface area (Å²) in [5.41, 5.74) is 8.94. The van der Waals surface area contributed by atoms with Gasteiger partial charge in [-0.15, -0.1) is 12.6 Å². The van der Waals surface area contributed by atoms with E-state index in [0.29, 0.717) is 0 Å². The minimum absolute atomic E-state index is 0.797. The van der Waals surface area contributed by atoms with E-state index in [-0.39, 0.29) is 0 Å². The summed E-state index contributed by atoms with van der Waals surface area (Å²) in [7, 11) is 0. The topological polar surface area (TPSA) is 26.0 Å². The average molecular weight is 197 g/mol. The van der Waals surface area contributed by atoms with Gasteiger partial charge in [0.2, 0.25) is 0 Å². The quantitative estimate of drug-likeness (QED) is 0.523. The number of anilines is 1. The van der Waals surface area contributed by atoms with Crippen LogP contribution in [0.2, 0.25) is 0 Å². The van der Waals surface area contributed by atoms with Crippen molar-refractivity contribution in [3.63, 3.8) is 0 Å². The van der Waals surface area contributed by atoms with Crippen LogP contribution < -0.4 is 5.73 Å². The average Bonchev–Trinajstić information content (AvgIpc) is 2.16. The van der Waals surface area contributed by atoms with Crippen molar-refractivity contribution in [2.24, 2.45) is 0 Å². The van der Waals surface area contributed by atoms with E-state index in [0.717, 1.165) is 22.6 Å². The second kappa shape index (κ2) is 5.92. The fourth-order valence-corrected chi connectivity index (χ4v) is 1.40. The molecule has 0 saturated carbocycles. The number of hydrogen-bond donors (Lipinski definition) is 2. The fraction of sp³-hybridized carbons (Fsp3) is 0.455. The van der Waals surface area contributed by atoms with E-state index in [4.69, 9.17) is 5.73 Å². The Hall–Kier alpha value is -0.630. The van der Waals surface area contributed by atoms with E-state index in [2.05, 4.69) is 25.6 Å². The maximum absolute atomic E-state index is 5.73. The zero-order valence-corrected chi connectivity index (χ0v) is 9.78. The second-order valence-corrected chi connectivity index (χ2v) is 3.18. The van der Waals surface area contributed by atoms with Gasteiger partial charge in [0.25, 0.3) is 0 Å². The molecule has 0 unspecified atom stereocenters. The smallest absolute Gasteiger partial charge is 0.0479 e. The minimum Gasteiger partial charge on any atom is -0.398 e. The molecule has 1 aromatic rings. The van der Waals surface area contributed by atoms with E-state index in [1.165, 1.54) is 5.56 Å². The first-order valence-electron chi connectivity index (χ1n) is 4.73. The third-order valence-electron chi connectivity index (χ3n) is 1.83. The zero-order chi connectivity index (χ0) is 10.4. The lowest BCUT2D eigenvalue weighted by molar-refractivity contribution is 1.11. The van der Waals surface area contributed by atoms with Crippen molar-refractivity contribution in [1.29, 1.82) is 0 Å². The molecule has 1 nitrogen and oxygen atoms in total. The summed E-state index contributed by atoms with van der Waals surface area (Å²) in [6, 6.07) is 4.13. The molecule has 0 heterocycles. The molecule has 1 aromatic carbocycles. The van der Waals surface area contributed by atoms with Gasteiger partial charge >= 0.3 is 0 Å². The summed E-state index contributed by atoms with van der Waals surface area (Å²) < 4.78 is 0. The summed E-state index contributed by atoms with van der Waals surface area (Å²) in [6.45, 7) is 8.13. The molecule has 1 rings (SSSR count). The lowest BCUT2D eigenvalue weighted by Crippen LogP contribution is -1.93. The highest BCUT2D eigenvalue weighted by atomic mass is 32.1. The van der Waals surface area contributed by atoms with Gasteiger partial charge in [0, 0.05) is 10.6 Å². The van der Waals surface area contributed by atoms with Crippen LogP contribution in [0.5, 0.6) is 0 Å². The van der Waals surface area contributed by atoms with Crippen molar-refractivity contribution in [1.82, 2.24) is 0 Å². The van der Waals surface area contributed by atoms with Crippen molar-refractivity contribution in [3.05, 3.63) is 23.3 Å². The van der Waals surface area contributed by atoms with Gasteiger partial charge in [-0.3, -0.25) is 0 Å². The molecule has 0 spiro atoms. The van der Waals surface area contributed by atoms with Gasteiger partial charge in [-0.05, 0) is 30.5 Å². The van der Waals surface area contributed by atoms with Crippen LogP contribution >= 0.6 is 12.6 Å². The molecule has 0 amide bonds. The van der Waals surface area contributed by atoms with Gasteiger partial charge < -0.3 is 5.73 Å². The Balaban J connectivity index is 0.000000671. The first kappa shape index (κ1) is 12.4. The Morgan fingerprint density at radius 1 is 1.31 bits per heavy atom. The highest BCUT2D eigenvalue weighted by Gasteiger charge is 1.99. The predicted octanol–water partition coefficient (Wildman–Crippen LogP) is 3.45. The Labute approximate surface area is 86.8 Å². The normalized spacial score (nSPS) is 9.00. The van der Waals surface area contributed by atoms with Gasteiger partial charge in [-0.2, -0.15) is 0 Å². The van der Waals surface area contributed by atoms with Crippen LogP contribution in [-0.4, -0.2) is 0 Å². The number of thiol groups is 1. The standard InChI is InChI=1S/C9H13NS.C2H6/c1-3-7-4-6(2)9(10)8(11)5-7;1-2/h4-5,11H,3,10H2,1-2H3;1-2H3. The van der Waals surface area contributed by atoms with Crippen molar-refractivity contribution in [2.75, 3.05) is 5.73 Å². The van der Waals surface area contributed by atoms with Crippen LogP contribution in [0.1, 0.15) is 31.9 Å². The molecule has 0 saturated heterocycles. The van der Waals surface area contributed by atoms with Crippen molar-refractivity contribution in [3.8, 4) is 0 Å². The maximum atomic E-state index is 5.73. The van der Waals surface area contributed by atoms with Crippen molar-refractivity contribution >= 4 is 18.3 Å². The van der Waals surface area contributed by atoms with Crippen LogP contribution in [0, 0.1) is 6.92 Å². The maximum Gasteiger partial charge on any atom is 0.0479 e. The van der Waals surface area contributed by atoms with E-state index in [1.54, 1.807) is 0 Å². The van der Waals surface area contributed by atoms with Gasteiger partial charge in [0.05, 0.1) is 0 Å². The third kappa shape index (κ3) is 3.31. The second-order valence-electron chi connectivity index (χ2n) is 2.70. The Bertz CT molecular complexity index is 246. The van der Waals surface area contributed by atoms with Crippen LogP contribution in [0.3, 0.4) is 0 Å². The molecule has 0 aromatic heterocycles. The van der Waals surface area contributed by atoms with Crippen LogP contribution in [0.4, 0.5) is 5.69 Å². The molecule has 74 valence electrons. The first-order chi connectivity index (χ1) is 6.15. The molecule has 0 bridgehead atoms. The molecule has 0 fully saturated rings. The van der Waals surface area contributed by atoms with Crippen LogP contribution in [0.15, 0.2) is 17.0 Å². The predicted molar refractivity (Wildman–Crippen MR) is 63.6 cm³/mol. The first-order valence-corrected chi connectivity index (χ1v) is 5.17. The lowest BCUT2D eigenvalue weighted by atomic mass is 10.1. The largest absolute Gasteiger partial charge is 0.398 e. The van der Waals surface area contributed by atoms with E-state index in [9.17, 15) is 0 Å². The fourth-order valence-electron chi connectivity index (χ4n) is 1.06. The van der Waals surface area contributed by atoms with E-state index >= 15 is 0 Å². The molecular weight excluding hydrogens is 178 g/mol. The van der Waals surface area contributed by atoms with Crippen molar-refractivity contribution in [2.45, 2.75) is 39.0 Å². The Morgan fingerprint density at radius 2 is 1.85 bits per heavy atom. The molecule has 2 N–H and O–H groups in total. The van der Waals surface area contributed by atoms with E-state index < -0.39 is 0 Å². The highest BCUT2D eigenvalue weighted by Crippen LogP contribution is 2.22. The molecule has 0 radical (unpaired) electrons. The van der Waals surface area contributed by atoms with Gasteiger partial charge in [-0.25, -0.2) is 0 Å². The molecule has 0 atom stereocenters. The summed E-state index contributed by atoms with van der Waals surface area (Å²) >= 11 is 4.27. The number of aryl methyl sites for hydroxylation is 2. The molecule has 2 heteroatoms. The van der Waals surface area contributed by atoms with Gasteiger partial charge in [-0.1, -0.05) is 26.8 Å². The summed E-state index contributed by atoms with van der Waals surface area (Å²) in [5.74, 6) is 0. The van der Waals surface area contributed by atoms with Crippen LogP contribution in [0.25, 0.3) is 0 Å². The molecule has 0 aliphatic rings. The van der Waals surface area contributed by atoms with Crippen LogP contribution in [-0.2, 0) is 6.42 Å². The Morgan fingerprint density at radius 3 is 2.23 bits per heavy atom. The summed E-state index contributed by atoms with van der Waals surface area (Å²) in [4.78, 5) is 0.891. The molecule has 13 heavy (non-hydrogen) atoms. The SMILES string of the molecule is CC.CCc1cc(C)c(N)c(S)c1. The number of nitrogen functional groups attached to an aromatic ring is 1. The summed E-state index contributed by atoms with van der Waals surface area (Å²) in [5, 5.41) is 0. The van der Waals surface area contributed by atoms with Crippen molar-refractivity contribution < 1.29 is 0 Å². The minimum atomic E-state index is 0.797. The zero-order valence-electron chi connectivity index (χ0n) is 8.89. The number of nitrogens with two attached hydrogens (primary N) is 1. The van der Waals surface area contributed by atoms with Gasteiger partial charge in [0.1, 0.15) is 0 Å². The molecule has 0 aliphatic carbocycles. The molecular formula is C11H19NS. The van der Waals surface area contributed by atoms with E-state index in [1.807, 2.05) is 26.8 Å². The molecule has 0 aliphatic heterocycles. The lowest BCUT2D eigenvalue weighted by Gasteiger charge is -2.05. The number of rotatable bonds is 1. The number of benzene rings is 1. The number of hydrogen-bond acceptors (Lipinski definition) is 2. The summed E-state index contributed by atoms with van der Waals surface area (Å²) in [6.07, 6.45) is 1.04. The Kier molecular flexibility index (Phi) is 5.63. The third-order valence-corrected chi connectivity index (χ3v) is 2.20. The monoisotopic (exact) mass is 197 g/mol.